The molecule has 90 valence electrons. The monoisotopic (exact) mass is 242 g/mol. The predicted molar refractivity (Wildman–Crippen MR) is 50.3 cm³/mol. The molecule has 0 unspecified atom stereocenters. The molecule has 7 nitrogen and oxygen atoms in total. The van der Waals surface area contributed by atoms with E-state index in [2.05, 4.69) is 4.74 Å². The second kappa shape index (κ2) is 5.58. The van der Waals surface area contributed by atoms with Crippen LogP contribution >= 0.6 is 7.60 Å². The molecule has 0 heterocycles. The van der Waals surface area contributed by atoms with Crippen molar-refractivity contribution in [3.05, 3.63) is 0 Å². The van der Waals surface area contributed by atoms with Crippen molar-refractivity contribution in [2.75, 3.05) is 27.5 Å². The van der Waals surface area contributed by atoms with Gasteiger partial charge in [0.05, 0.1) is 13.3 Å². The average molecular weight is 242 g/mol. The van der Waals surface area contributed by atoms with E-state index in [9.17, 15) is 9.36 Å². The molecule has 0 aromatic heterocycles. The van der Waals surface area contributed by atoms with Crippen LogP contribution in [0.4, 0.5) is 0 Å². The van der Waals surface area contributed by atoms with Gasteiger partial charge in [-0.1, -0.05) is 0 Å². The normalized spacial score (nSPS) is 12.6. The third-order valence-electron chi connectivity index (χ3n) is 1.89. The largest absolute Gasteiger partial charge is 0.465 e. The minimum atomic E-state index is -4.21. The van der Waals surface area contributed by atoms with Crippen molar-refractivity contribution in [3.63, 3.8) is 0 Å². The zero-order chi connectivity index (χ0) is 12.1. The van der Waals surface area contributed by atoms with Crippen LogP contribution in [0.2, 0.25) is 0 Å². The summed E-state index contributed by atoms with van der Waals surface area (Å²) in [6.07, 6.45) is -0.805. The minimum Gasteiger partial charge on any atom is -0.465 e. The summed E-state index contributed by atoms with van der Waals surface area (Å²) in [5, 5.41) is 0. The molecule has 0 amide bonds. The lowest BCUT2D eigenvalue weighted by molar-refractivity contribution is -0.228. The van der Waals surface area contributed by atoms with Gasteiger partial charge in [-0.2, -0.15) is 0 Å². The summed E-state index contributed by atoms with van der Waals surface area (Å²) >= 11 is 0. The minimum absolute atomic E-state index is 0.281. The van der Waals surface area contributed by atoms with Gasteiger partial charge < -0.3 is 24.0 Å². The first-order chi connectivity index (χ1) is 6.81. The molecule has 0 aliphatic carbocycles. The van der Waals surface area contributed by atoms with Crippen molar-refractivity contribution >= 4 is 13.6 Å². The average Bonchev–Trinajstić information content (AvgIpc) is 2.18. The van der Waals surface area contributed by atoms with Crippen LogP contribution in [0.25, 0.3) is 0 Å². The Kier molecular flexibility index (Phi) is 5.41. The quantitative estimate of drug-likeness (QED) is 0.375. The molecule has 0 fully saturated rings. The van der Waals surface area contributed by atoms with Crippen LogP contribution in [0.1, 0.15) is 6.42 Å². The Morgan fingerprint density at radius 3 is 2.00 bits per heavy atom. The standard InChI is InChI=1S/C7H15O7P/c1-12-6(8)7(13-2,14-3)4-5-15(9,10)11/h4-5H2,1-3H3,(H2,9,10,11). The number of carbonyl (C=O) groups excluding carboxylic acids is 1. The topological polar surface area (TPSA) is 102 Å². The highest BCUT2D eigenvalue weighted by Gasteiger charge is 2.41. The van der Waals surface area contributed by atoms with Crippen molar-refractivity contribution < 1.29 is 33.4 Å². The van der Waals surface area contributed by atoms with Gasteiger partial charge in [-0.15, -0.1) is 0 Å². The maximum Gasteiger partial charge on any atom is 0.366 e. The highest BCUT2D eigenvalue weighted by atomic mass is 31.2. The summed E-state index contributed by atoms with van der Waals surface area (Å²) in [6.45, 7) is 0. The van der Waals surface area contributed by atoms with E-state index in [1.165, 1.54) is 14.2 Å². The lowest BCUT2D eigenvalue weighted by atomic mass is 10.2. The fourth-order valence-electron chi connectivity index (χ4n) is 1.00. The summed E-state index contributed by atoms with van der Waals surface area (Å²) in [5.41, 5.74) is 0. The van der Waals surface area contributed by atoms with Gasteiger partial charge in [-0.3, -0.25) is 4.57 Å². The first kappa shape index (κ1) is 14.5. The molecule has 2 N–H and O–H groups in total. The van der Waals surface area contributed by atoms with Gasteiger partial charge in [-0.25, -0.2) is 4.79 Å². The molecule has 0 rings (SSSR count). The molecule has 15 heavy (non-hydrogen) atoms. The molecule has 0 radical (unpaired) electrons. The Hall–Kier alpha value is -0.460. The summed E-state index contributed by atoms with van der Waals surface area (Å²) in [4.78, 5) is 28.6. The van der Waals surface area contributed by atoms with E-state index in [0.29, 0.717) is 0 Å². The Bertz CT molecular complexity index is 254. The summed E-state index contributed by atoms with van der Waals surface area (Å²) in [5.74, 6) is -2.59. The molecule has 0 aromatic carbocycles. The van der Waals surface area contributed by atoms with Gasteiger partial charge in [0, 0.05) is 20.6 Å². The number of hydrogen-bond acceptors (Lipinski definition) is 5. The first-order valence-electron chi connectivity index (χ1n) is 4.04. The van der Waals surface area contributed by atoms with Crippen molar-refractivity contribution in [2.24, 2.45) is 0 Å². The predicted octanol–water partition coefficient (Wildman–Crippen LogP) is -0.284. The van der Waals surface area contributed by atoms with Gasteiger partial charge in [0.1, 0.15) is 0 Å². The van der Waals surface area contributed by atoms with E-state index < -0.39 is 25.5 Å². The number of rotatable bonds is 6. The number of carbonyl (C=O) groups is 1. The molecule has 0 saturated carbocycles. The van der Waals surface area contributed by atoms with E-state index in [1.54, 1.807) is 0 Å². The molecule has 0 aromatic rings. The third-order valence-corrected chi connectivity index (χ3v) is 2.69. The molecule has 0 atom stereocenters. The van der Waals surface area contributed by atoms with Crippen LogP contribution in [0.3, 0.4) is 0 Å². The van der Waals surface area contributed by atoms with E-state index in [-0.39, 0.29) is 6.42 Å². The molecule has 0 spiro atoms. The Balaban J connectivity index is 4.65. The maximum atomic E-state index is 11.3. The van der Waals surface area contributed by atoms with E-state index in [4.69, 9.17) is 19.3 Å². The number of hydrogen-bond donors (Lipinski definition) is 2. The van der Waals surface area contributed by atoms with Crippen LogP contribution in [0.15, 0.2) is 0 Å². The van der Waals surface area contributed by atoms with Gasteiger partial charge in [0.2, 0.25) is 0 Å². The van der Waals surface area contributed by atoms with Crippen molar-refractivity contribution in [3.8, 4) is 0 Å². The van der Waals surface area contributed by atoms with Crippen LogP contribution in [-0.4, -0.2) is 49.0 Å². The van der Waals surface area contributed by atoms with Crippen LogP contribution in [0, 0.1) is 0 Å². The lowest BCUT2D eigenvalue weighted by Gasteiger charge is -2.27. The summed E-state index contributed by atoms with van der Waals surface area (Å²) in [7, 11) is -0.686. The number of ether oxygens (including phenoxy) is 3. The zero-order valence-corrected chi connectivity index (χ0v) is 9.69. The molecule has 0 aliphatic rings. The molecule has 8 heteroatoms. The second-order valence-electron chi connectivity index (χ2n) is 2.79. The van der Waals surface area contributed by atoms with Gasteiger partial charge in [-0.05, 0) is 0 Å². The highest BCUT2D eigenvalue weighted by molar-refractivity contribution is 7.51. The Morgan fingerprint density at radius 1 is 1.27 bits per heavy atom. The fourth-order valence-corrected chi connectivity index (χ4v) is 1.59. The third kappa shape index (κ3) is 4.27. The molecular formula is C7H15O7P. The van der Waals surface area contributed by atoms with E-state index in [1.807, 2.05) is 0 Å². The van der Waals surface area contributed by atoms with E-state index >= 15 is 0 Å². The van der Waals surface area contributed by atoms with Gasteiger partial charge in [0.25, 0.3) is 5.79 Å². The van der Waals surface area contributed by atoms with Crippen LogP contribution in [-0.2, 0) is 23.6 Å². The SMILES string of the molecule is COC(=O)C(CCP(=O)(O)O)(OC)OC. The maximum absolute atomic E-state index is 11.3. The Morgan fingerprint density at radius 2 is 1.73 bits per heavy atom. The lowest BCUT2D eigenvalue weighted by Crippen LogP contribution is -2.44. The van der Waals surface area contributed by atoms with Gasteiger partial charge in [0.15, 0.2) is 0 Å². The second-order valence-corrected chi connectivity index (χ2v) is 4.57. The fraction of sp³-hybridized carbons (Fsp3) is 0.857. The smallest absolute Gasteiger partial charge is 0.366 e. The zero-order valence-electron chi connectivity index (χ0n) is 8.80. The highest BCUT2D eigenvalue weighted by Crippen LogP contribution is 2.37. The van der Waals surface area contributed by atoms with E-state index in [0.717, 1.165) is 7.11 Å². The molecule has 0 saturated heterocycles. The van der Waals surface area contributed by atoms with Crippen molar-refractivity contribution in [1.82, 2.24) is 0 Å². The summed E-state index contributed by atoms with van der Waals surface area (Å²) in [6, 6.07) is 0. The number of esters is 1. The van der Waals surface area contributed by atoms with Crippen molar-refractivity contribution in [2.45, 2.75) is 12.2 Å². The molecular weight excluding hydrogens is 227 g/mol. The first-order valence-corrected chi connectivity index (χ1v) is 5.84. The Labute approximate surface area is 87.5 Å². The van der Waals surface area contributed by atoms with Crippen LogP contribution in [0.5, 0.6) is 0 Å². The summed E-state index contributed by atoms with van der Waals surface area (Å²) < 4.78 is 24.7. The van der Waals surface area contributed by atoms with Gasteiger partial charge >= 0.3 is 13.6 Å². The molecule has 0 bridgehead atoms. The number of methoxy groups -OCH3 is 3. The van der Waals surface area contributed by atoms with Crippen molar-refractivity contribution in [1.29, 1.82) is 0 Å². The van der Waals surface area contributed by atoms with Crippen LogP contribution < -0.4 is 0 Å². The molecule has 0 aliphatic heterocycles.